The Hall–Kier alpha value is -2.26. The van der Waals surface area contributed by atoms with Crippen molar-refractivity contribution in [1.29, 1.82) is 0 Å². The number of aromatic nitrogens is 3. The molecule has 3 aromatic rings. The zero-order valence-corrected chi connectivity index (χ0v) is 17.1. The summed E-state index contributed by atoms with van der Waals surface area (Å²) in [6, 6.07) is 3.21. The Morgan fingerprint density at radius 1 is 1.39 bits per heavy atom. The number of likely N-dealkylation sites (N-methyl/N-ethyl adjacent to an activating group) is 1. The number of halogens is 1. The molecular formula is C19H24FN5O2S. The second-order valence-electron chi connectivity index (χ2n) is 7.81. The number of hydrogen-bond donors (Lipinski definition) is 1. The van der Waals surface area contributed by atoms with Crippen molar-refractivity contribution in [2.75, 3.05) is 20.1 Å². The molecule has 9 heteroatoms. The molecule has 1 amide bonds. The van der Waals surface area contributed by atoms with Gasteiger partial charge in [-0.3, -0.25) is 14.0 Å². The van der Waals surface area contributed by atoms with E-state index in [1.54, 1.807) is 10.5 Å². The average molecular weight is 405 g/mol. The van der Waals surface area contributed by atoms with Gasteiger partial charge in [-0.25, -0.2) is 4.68 Å². The maximum Gasteiger partial charge on any atom is 0.291 e. The molecule has 0 spiro atoms. The van der Waals surface area contributed by atoms with Crippen molar-refractivity contribution in [3.63, 3.8) is 0 Å². The lowest BCUT2D eigenvalue weighted by Crippen LogP contribution is -2.48. The fraction of sp³-hybridized carbons (Fsp3) is 0.526. The molecule has 1 aliphatic rings. The monoisotopic (exact) mass is 405 g/mol. The fourth-order valence-electron chi connectivity index (χ4n) is 3.89. The van der Waals surface area contributed by atoms with E-state index < -0.39 is 0 Å². The number of thiophene rings is 1. The summed E-state index contributed by atoms with van der Waals surface area (Å²) in [5.74, 6) is 0.420. The van der Waals surface area contributed by atoms with Crippen LogP contribution in [0, 0.1) is 5.13 Å². The minimum atomic E-state index is -0.343. The van der Waals surface area contributed by atoms with Crippen molar-refractivity contribution in [2.24, 2.45) is 0 Å². The van der Waals surface area contributed by atoms with Crippen molar-refractivity contribution in [2.45, 2.75) is 45.2 Å². The number of carbonyl (C=O) groups is 1. The molecule has 1 fully saturated rings. The summed E-state index contributed by atoms with van der Waals surface area (Å²) in [5, 5.41) is 7.18. The Balaban J connectivity index is 1.68. The predicted molar refractivity (Wildman–Crippen MR) is 108 cm³/mol. The molecule has 3 aromatic heterocycles. The highest BCUT2D eigenvalue weighted by atomic mass is 32.1. The topological polar surface area (TPSA) is 71.6 Å². The molecule has 1 aliphatic heterocycles. The van der Waals surface area contributed by atoms with Crippen molar-refractivity contribution in [3.05, 3.63) is 33.4 Å². The smallest absolute Gasteiger partial charge is 0.291 e. The molecule has 150 valence electrons. The number of nitrogens with zero attached hydrogens (tertiary/aromatic N) is 4. The van der Waals surface area contributed by atoms with Crippen LogP contribution in [0.15, 0.2) is 16.9 Å². The number of carbonyl (C=O) groups excluding carboxylic acids is 1. The number of amides is 1. The summed E-state index contributed by atoms with van der Waals surface area (Å²) in [6.07, 6.45) is 1.98. The summed E-state index contributed by atoms with van der Waals surface area (Å²) in [7, 11) is 2.04. The minimum absolute atomic E-state index is 0.00275. The number of piperidine rings is 1. The van der Waals surface area contributed by atoms with Crippen LogP contribution in [0.4, 0.5) is 4.39 Å². The molecule has 0 aromatic carbocycles. The standard InChI is InChI=1S/C19H24FN5O2S/c1-11(2)18-22-24(10-17(26)21-12-5-4-6-23(3)9-12)19(27)14-7-15-13(25(14)18)8-16(20)28-15/h7-8,11-12H,4-6,9-10H2,1-3H3,(H,21,26)/t12-/m1/s1. The third kappa shape index (κ3) is 3.44. The van der Waals surface area contributed by atoms with Crippen LogP contribution in [0.3, 0.4) is 0 Å². The van der Waals surface area contributed by atoms with E-state index in [0.717, 1.165) is 37.3 Å². The zero-order valence-electron chi connectivity index (χ0n) is 16.2. The van der Waals surface area contributed by atoms with Crippen LogP contribution in [0.5, 0.6) is 0 Å². The first-order chi connectivity index (χ1) is 13.3. The molecular weight excluding hydrogens is 381 g/mol. The Labute approximate surface area is 165 Å². The number of hydrogen-bond acceptors (Lipinski definition) is 5. The number of likely N-dealkylation sites (tertiary alicyclic amines) is 1. The number of fused-ring (bicyclic) bond motifs is 3. The second kappa shape index (κ2) is 7.29. The lowest BCUT2D eigenvalue weighted by molar-refractivity contribution is -0.123. The lowest BCUT2D eigenvalue weighted by atomic mass is 10.1. The molecule has 0 aliphatic carbocycles. The van der Waals surface area contributed by atoms with E-state index in [1.165, 1.54) is 10.7 Å². The quantitative estimate of drug-likeness (QED) is 0.722. The van der Waals surface area contributed by atoms with E-state index in [1.807, 2.05) is 20.9 Å². The van der Waals surface area contributed by atoms with E-state index in [-0.39, 0.29) is 35.1 Å². The Morgan fingerprint density at radius 2 is 2.18 bits per heavy atom. The molecule has 0 bridgehead atoms. The number of rotatable bonds is 4. The molecule has 28 heavy (non-hydrogen) atoms. The van der Waals surface area contributed by atoms with Crippen LogP contribution in [0.2, 0.25) is 0 Å². The summed E-state index contributed by atoms with van der Waals surface area (Å²) in [5.41, 5.74) is 0.724. The predicted octanol–water partition coefficient (Wildman–Crippen LogP) is 2.18. The molecule has 0 unspecified atom stereocenters. The molecule has 7 nitrogen and oxygen atoms in total. The molecule has 4 heterocycles. The Bertz CT molecular complexity index is 1100. The van der Waals surface area contributed by atoms with Crippen LogP contribution in [-0.2, 0) is 11.3 Å². The second-order valence-corrected chi connectivity index (χ2v) is 8.84. The van der Waals surface area contributed by atoms with Gasteiger partial charge in [-0.2, -0.15) is 9.49 Å². The molecule has 0 radical (unpaired) electrons. The molecule has 1 saturated heterocycles. The first-order valence-corrected chi connectivity index (χ1v) is 10.3. The van der Waals surface area contributed by atoms with Crippen molar-refractivity contribution < 1.29 is 9.18 Å². The van der Waals surface area contributed by atoms with E-state index in [0.29, 0.717) is 21.6 Å². The van der Waals surface area contributed by atoms with E-state index >= 15 is 0 Å². The van der Waals surface area contributed by atoms with Crippen LogP contribution in [-0.4, -0.2) is 51.2 Å². The summed E-state index contributed by atoms with van der Waals surface area (Å²) >= 11 is 1.00. The maximum absolute atomic E-state index is 13.7. The van der Waals surface area contributed by atoms with Gasteiger partial charge in [0.1, 0.15) is 17.9 Å². The number of nitrogens with one attached hydrogen (secondary N) is 1. The molecule has 4 rings (SSSR count). The highest BCUT2D eigenvalue weighted by molar-refractivity contribution is 7.17. The third-order valence-corrected chi connectivity index (χ3v) is 6.02. The fourth-order valence-corrected chi connectivity index (χ4v) is 4.69. The maximum atomic E-state index is 13.7. The van der Waals surface area contributed by atoms with Crippen molar-refractivity contribution >= 4 is 33.0 Å². The van der Waals surface area contributed by atoms with Gasteiger partial charge in [-0.05, 0) is 32.5 Å². The lowest BCUT2D eigenvalue weighted by Gasteiger charge is -2.30. The summed E-state index contributed by atoms with van der Waals surface area (Å²) in [6.45, 7) is 5.65. The minimum Gasteiger partial charge on any atom is -0.350 e. The van der Waals surface area contributed by atoms with Gasteiger partial charge in [0.2, 0.25) is 5.91 Å². The van der Waals surface area contributed by atoms with Gasteiger partial charge in [0.25, 0.3) is 5.56 Å². The van der Waals surface area contributed by atoms with Crippen LogP contribution < -0.4 is 10.9 Å². The van der Waals surface area contributed by atoms with E-state index in [4.69, 9.17) is 0 Å². The third-order valence-electron chi connectivity index (χ3n) is 5.16. The van der Waals surface area contributed by atoms with Gasteiger partial charge in [0.15, 0.2) is 5.13 Å². The largest absolute Gasteiger partial charge is 0.350 e. The highest BCUT2D eigenvalue weighted by Crippen LogP contribution is 2.29. The van der Waals surface area contributed by atoms with Gasteiger partial charge in [-0.15, -0.1) is 11.3 Å². The Morgan fingerprint density at radius 3 is 2.89 bits per heavy atom. The van der Waals surface area contributed by atoms with Gasteiger partial charge >= 0.3 is 0 Å². The van der Waals surface area contributed by atoms with Crippen molar-refractivity contribution in [1.82, 2.24) is 24.4 Å². The van der Waals surface area contributed by atoms with Crippen LogP contribution in [0.1, 0.15) is 38.4 Å². The molecule has 1 atom stereocenters. The summed E-state index contributed by atoms with van der Waals surface area (Å²) < 4.78 is 17.3. The average Bonchev–Trinajstić information content (AvgIpc) is 3.13. The van der Waals surface area contributed by atoms with Crippen LogP contribution in [0.25, 0.3) is 15.7 Å². The van der Waals surface area contributed by atoms with Crippen molar-refractivity contribution in [3.8, 4) is 0 Å². The van der Waals surface area contributed by atoms with Gasteiger partial charge < -0.3 is 10.2 Å². The van der Waals surface area contributed by atoms with Gasteiger partial charge in [0, 0.05) is 24.6 Å². The summed E-state index contributed by atoms with van der Waals surface area (Å²) in [4.78, 5) is 27.7. The zero-order chi connectivity index (χ0) is 20.0. The molecule has 1 N–H and O–H groups in total. The Kier molecular flexibility index (Phi) is 4.96. The molecule has 0 saturated carbocycles. The van der Waals surface area contributed by atoms with Gasteiger partial charge in [0.05, 0.1) is 10.2 Å². The van der Waals surface area contributed by atoms with E-state index in [2.05, 4.69) is 15.3 Å². The van der Waals surface area contributed by atoms with Gasteiger partial charge in [-0.1, -0.05) is 13.8 Å². The normalized spacial score (nSPS) is 18.4. The van der Waals surface area contributed by atoms with E-state index in [9.17, 15) is 14.0 Å². The highest BCUT2D eigenvalue weighted by Gasteiger charge is 2.22. The first-order valence-electron chi connectivity index (χ1n) is 9.53. The van der Waals surface area contributed by atoms with Crippen LogP contribution >= 0.6 is 11.3 Å². The SMILES string of the molecule is CC(C)c1nn(CC(=O)N[C@@H]2CCCN(C)C2)c(=O)c2cc3sc(F)cc3n12. The first kappa shape index (κ1) is 19.1.